The molecule has 0 bridgehead atoms. The number of nitrogens with zero attached hydrogens (tertiary/aromatic N) is 3. The van der Waals surface area contributed by atoms with E-state index in [1.54, 1.807) is 0 Å². The van der Waals surface area contributed by atoms with Crippen LogP contribution in [0.3, 0.4) is 0 Å². The molecule has 8 heteroatoms. The van der Waals surface area contributed by atoms with Gasteiger partial charge in [-0.15, -0.1) is 0 Å². The molecule has 0 radical (unpaired) electrons. The second kappa shape index (κ2) is 6.49. The molecule has 1 aliphatic rings. The third-order valence-electron chi connectivity index (χ3n) is 4.28. The summed E-state index contributed by atoms with van der Waals surface area (Å²) in [4.78, 5) is 15.9. The zero-order chi connectivity index (χ0) is 16.7. The fourth-order valence-electron chi connectivity index (χ4n) is 3.25. The van der Waals surface area contributed by atoms with Gasteiger partial charge >= 0.3 is 5.69 Å². The summed E-state index contributed by atoms with van der Waals surface area (Å²) in [5.74, 6) is 1.30. The molecule has 2 heterocycles. The van der Waals surface area contributed by atoms with E-state index in [0.29, 0.717) is 20.4 Å². The lowest BCUT2D eigenvalue weighted by molar-refractivity contribution is -0.384. The topological polar surface area (TPSA) is 73.0 Å². The summed E-state index contributed by atoms with van der Waals surface area (Å²) in [6.45, 7) is 6.10. The van der Waals surface area contributed by atoms with E-state index in [0.717, 1.165) is 37.3 Å². The largest absolute Gasteiger partial charge is 0.325 e. The summed E-state index contributed by atoms with van der Waals surface area (Å²) in [7, 11) is 0. The first-order valence-electron chi connectivity index (χ1n) is 7.66. The van der Waals surface area contributed by atoms with Crippen molar-refractivity contribution >= 4 is 48.6 Å². The van der Waals surface area contributed by atoms with Gasteiger partial charge in [-0.2, -0.15) is 0 Å². The summed E-state index contributed by atoms with van der Waals surface area (Å²) in [6, 6.07) is 2.11. The molecule has 6 nitrogen and oxygen atoms in total. The van der Waals surface area contributed by atoms with Gasteiger partial charge in [-0.05, 0) is 77.7 Å². The third-order valence-corrected chi connectivity index (χ3v) is 6.24. The second-order valence-corrected chi connectivity index (χ2v) is 7.75. The number of halogens is 2. The first-order valence-corrected chi connectivity index (χ1v) is 9.25. The summed E-state index contributed by atoms with van der Waals surface area (Å²) >= 11 is 6.74. The summed E-state index contributed by atoms with van der Waals surface area (Å²) < 4.78 is 3.27. The molecule has 3 rings (SSSR count). The molecule has 124 valence electrons. The van der Waals surface area contributed by atoms with E-state index in [1.807, 2.05) is 6.07 Å². The van der Waals surface area contributed by atoms with Crippen LogP contribution in [0.15, 0.2) is 15.0 Å². The molecule has 1 saturated heterocycles. The number of piperidine rings is 1. The van der Waals surface area contributed by atoms with Gasteiger partial charge in [0.1, 0.15) is 10.3 Å². The van der Waals surface area contributed by atoms with Crippen LogP contribution in [-0.4, -0.2) is 27.6 Å². The van der Waals surface area contributed by atoms with Crippen molar-refractivity contribution in [1.29, 1.82) is 0 Å². The Labute approximate surface area is 151 Å². The maximum absolute atomic E-state index is 11.6. The minimum atomic E-state index is -0.360. The summed E-state index contributed by atoms with van der Waals surface area (Å²) in [5, 5.41) is 14.9. The number of fused-ring (bicyclic) bond motifs is 1. The Hall–Kier alpha value is -0.990. The van der Waals surface area contributed by atoms with Gasteiger partial charge in [-0.25, -0.2) is 4.98 Å². The highest BCUT2D eigenvalue weighted by molar-refractivity contribution is 9.13. The number of hydrogen-bond acceptors (Lipinski definition) is 4. The molecular formula is C15H18Br2N4O2. The van der Waals surface area contributed by atoms with Crippen LogP contribution in [-0.2, 0) is 0 Å². The zero-order valence-corrected chi connectivity index (χ0v) is 16.1. The quantitative estimate of drug-likeness (QED) is 0.556. The predicted molar refractivity (Wildman–Crippen MR) is 97.0 cm³/mol. The summed E-state index contributed by atoms with van der Waals surface area (Å²) in [5.41, 5.74) is 1.31. The van der Waals surface area contributed by atoms with Crippen LogP contribution in [0.2, 0.25) is 0 Å². The average molecular weight is 446 g/mol. The molecule has 0 aliphatic carbocycles. The Morgan fingerprint density at radius 2 is 2.04 bits per heavy atom. The van der Waals surface area contributed by atoms with Gasteiger partial charge in [0.25, 0.3) is 0 Å². The average Bonchev–Trinajstić information content (AvgIpc) is 2.87. The Balaban J connectivity index is 2.30. The highest BCUT2D eigenvalue weighted by atomic mass is 79.9. The SMILES string of the molecule is CC(C)n1c(C2CCNCC2)nc2c([N+](=O)[O-])c(Br)c(Br)cc21. The highest BCUT2D eigenvalue weighted by Gasteiger charge is 2.29. The van der Waals surface area contributed by atoms with E-state index >= 15 is 0 Å². The summed E-state index contributed by atoms with van der Waals surface area (Å²) in [6.07, 6.45) is 2.01. The predicted octanol–water partition coefficient (Wildman–Crippen LogP) is 4.52. The highest BCUT2D eigenvalue weighted by Crippen LogP contribution is 2.41. The number of benzene rings is 1. The van der Waals surface area contributed by atoms with Crippen LogP contribution in [0.5, 0.6) is 0 Å². The lowest BCUT2D eigenvalue weighted by Crippen LogP contribution is -2.28. The van der Waals surface area contributed by atoms with Crippen LogP contribution in [0.25, 0.3) is 11.0 Å². The van der Waals surface area contributed by atoms with Crippen LogP contribution in [0.4, 0.5) is 5.69 Å². The third kappa shape index (κ3) is 2.92. The fraction of sp³-hybridized carbons (Fsp3) is 0.533. The lowest BCUT2D eigenvalue weighted by Gasteiger charge is -2.24. The van der Waals surface area contributed by atoms with Crippen molar-refractivity contribution in [2.75, 3.05) is 13.1 Å². The first-order chi connectivity index (χ1) is 10.9. The van der Waals surface area contributed by atoms with E-state index < -0.39 is 0 Å². The van der Waals surface area contributed by atoms with Crippen molar-refractivity contribution in [2.45, 2.75) is 38.6 Å². The van der Waals surface area contributed by atoms with Crippen LogP contribution < -0.4 is 5.32 Å². The van der Waals surface area contributed by atoms with Crippen LogP contribution >= 0.6 is 31.9 Å². The number of nitro benzene ring substituents is 1. The monoisotopic (exact) mass is 444 g/mol. The number of rotatable bonds is 3. The molecule has 0 spiro atoms. The van der Waals surface area contributed by atoms with Crippen LogP contribution in [0.1, 0.15) is 44.5 Å². The second-order valence-electron chi connectivity index (χ2n) is 6.10. The van der Waals surface area contributed by atoms with Gasteiger partial charge < -0.3 is 9.88 Å². The fourth-order valence-corrected chi connectivity index (χ4v) is 4.10. The molecule has 1 aromatic heterocycles. The number of nitrogens with one attached hydrogen (secondary N) is 1. The van der Waals surface area contributed by atoms with Crippen molar-refractivity contribution in [1.82, 2.24) is 14.9 Å². The molecule has 23 heavy (non-hydrogen) atoms. The van der Waals surface area contributed by atoms with Gasteiger partial charge in [0, 0.05) is 16.4 Å². The molecule has 1 aromatic carbocycles. The van der Waals surface area contributed by atoms with Gasteiger partial charge in [-0.1, -0.05) is 0 Å². The number of aromatic nitrogens is 2. The van der Waals surface area contributed by atoms with Crippen LogP contribution in [0, 0.1) is 10.1 Å². The maximum Gasteiger partial charge on any atom is 0.312 e. The van der Waals surface area contributed by atoms with Gasteiger partial charge in [0.2, 0.25) is 0 Å². The van der Waals surface area contributed by atoms with Gasteiger partial charge in [0.15, 0.2) is 5.52 Å². The van der Waals surface area contributed by atoms with E-state index in [-0.39, 0.29) is 16.7 Å². The van der Waals surface area contributed by atoms with E-state index in [9.17, 15) is 10.1 Å². The Morgan fingerprint density at radius 1 is 1.39 bits per heavy atom. The van der Waals surface area contributed by atoms with Gasteiger partial charge in [-0.3, -0.25) is 10.1 Å². The first kappa shape index (κ1) is 16.9. The van der Waals surface area contributed by atoms with Gasteiger partial charge in [0.05, 0.1) is 10.4 Å². The van der Waals surface area contributed by atoms with Crippen molar-refractivity contribution in [3.8, 4) is 0 Å². The minimum Gasteiger partial charge on any atom is -0.325 e. The number of imidazole rings is 1. The minimum absolute atomic E-state index is 0.0314. The maximum atomic E-state index is 11.6. The molecule has 2 aromatic rings. The Bertz CT molecular complexity index is 767. The number of hydrogen-bond donors (Lipinski definition) is 1. The standard InChI is InChI=1S/C15H18Br2N4O2/c1-8(2)20-11-7-10(16)12(17)14(21(22)23)13(11)19-15(20)9-3-5-18-6-4-9/h7-9,18H,3-6H2,1-2H3. The van der Waals surface area contributed by atoms with Crippen molar-refractivity contribution in [2.24, 2.45) is 0 Å². The lowest BCUT2D eigenvalue weighted by atomic mass is 9.97. The molecule has 0 amide bonds. The molecule has 0 unspecified atom stereocenters. The van der Waals surface area contributed by atoms with E-state index in [1.165, 1.54) is 0 Å². The Kier molecular flexibility index (Phi) is 4.75. The Morgan fingerprint density at radius 3 is 2.61 bits per heavy atom. The zero-order valence-electron chi connectivity index (χ0n) is 13.0. The number of nitro groups is 1. The normalized spacial score (nSPS) is 16.4. The molecule has 1 N–H and O–H groups in total. The molecule has 0 atom stereocenters. The van der Waals surface area contributed by atoms with E-state index in [2.05, 4.69) is 55.6 Å². The van der Waals surface area contributed by atoms with E-state index in [4.69, 9.17) is 4.98 Å². The molecule has 0 saturated carbocycles. The molecule has 1 aliphatic heterocycles. The van der Waals surface area contributed by atoms with Crippen molar-refractivity contribution in [3.63, 3.8) is 0 Å². The molecule has 1 fully saturated rings. The van der Waals surface area contributed by atoms with Crippen molar-refractivity contribution in [3.05, 3.63) is 31.0 Å². The smallest absolute Gasteiger partial charge is 0.312 e. The van der Waals surface area contributed by atoms with Crippen molar-refractivity contribution < 1.29 is 4.92 Å². The molecular weight excluding hydrogens is 428 g/mol.